The van der Waals surface area contributed by atoms with Crippen LogP contribution in [-0.2, 0) is 0 Å². The van der Waals surface area contributed by atoms with Crippen LogP contribution in [0.1, 0.15) is 20.8 Å². The first-order valence-corrected chi connectivity index (χ1v) is 3.59. The van der Waals surface area contributed by atoms with Crippen LogP contribution in [0.25, 0.3) is 0 Å². The normalized spacial score (nSPS) is 21.0. The summed E-state index contributed by atoms with van der Waals surface area (Å²) in [5.74, 6) is -1.84. The highest BCUT2D eigenvalue weighted by atomic mass is 19.4. The summed E-state index contributed by atoms with van der Waals surface area (Å²) < 4.78 is 36.0. The highest BCUT2D eigenvalue weighted by Gasteiger charge is 2.40. The van der Waals surface area contributed by atoms with E-state index in [0.29, 0.717) is 0 Å². The van der Waals surface area contributed by atoms with Crippen molar-refractivity contribution in [3.8, 4) is 0 Å². The van der Waals surface area contributed by atoms with Crippen LogP contribution in [0.15, 0.2) is 0 Å². The van der Waals surface area contributed by atoms with Gasteiger partial charge >= 0.3 is 6.18 Å². The highest BCUT2D eigenvalue weighted by molar-refractivity contribution is 4.74. The maximum absolute atomic E-state index is 12.0. The summed E-state index contributed by atoms with van der Waals surface area (Å²) in [5, 5.41) is 0. The highest BCUT2D eigenvalue weighted by Crippen LogP contribution is 2.32. The van der Waals surface area contributed by atoms with E-state index in [1.165, 1.54) is 6.92 Å². The van der Waals surface area contributed by atoms with E-state index in [0.717, 1.165) is 6.92 Å². The second kappa shape index (κ2) is 3.43. The molecule has 0 aliphatic carbocycles. The molecule has 0 radical (unpaired) electrons. The van der Waals surface area contributed by atoms with Crippen LogP contribution in [0.5, 0.6) is 0 Å². The number of halogens is 3. The molecule has 1 nitrogen and oxygen atoms in total. The lowest BCUT2D eigenvalue weighted by Crippen LogP contribution is -2.36. The second-order valence-electron chi connectivity index (χ2n) is 3.05. The van der Waals surface area contributed by atoms with Crippen molar-refractivity contribution in [3.63, 3.8) is 0 Å². The van der Waals surface area contributed by atoms with Crippen molar-refractivity contribution >= 4 is 0 Å². The fourth-order valence-electron chi connectivity index (χ4n) is 0.753. The van der Waals surface area contributed by atoms with Gasteiger partial charge in [-0.15, -0.1) is 0 Å². The van der Waals surface area contributed by atoms with Crippen molar-refractivity contribution in [1.82, 2.24) is 0 Å². The maximum atomic E-state index is 12.0. The lowest BCUT2D eigenvalue weighted by Gasteiger charge is -2.25. The monoisotopic (exact) mass is 169 g/mol. The lowest BCUT2D eigenvalue weighted by molar-refractivity contribution is -0.183. The average Bonchev–Trinajstić information content (AvgIpc) is 1.82. The van der Waals surface area contributed by atoms with Crippen LogP contribution < -0.4 is 5.73 Å². The van der Waals surface area contributed by atoms with Gasteiger partial charge in [0.05, 0.1) is 5.92 Å². The third kappa shape index (κ3) is 3.10. The molecule has 0 aromatic rings. The lowest BCUT2D eigenvalue weighted by atomic mass is 9.90. The van der Waals surface area contributed by atoms with Crippen molar-refractivity contribution in [2.75, 3.05) is 0 Å². The Bertz CT molecular complexity index is 119. The topological polar surface area (TPSA) is 26.0 Å². The van der Waals surface area contributed by atoms with Crippen LogP contribution in [0.2, 0.25) is 0 Å². The Morgan fingerprint density at radius 3 is 1.55 bits per heavy atom. The summed E-state index contributed by atoms with van der Waals surface area (Å²) in [4.78, 5) is 0. The minimum Gasteiger partial charge on any atom is -0.328 e. The minimum absolute atomic E-state index is 0.411. The number of alkyl halides is 3. The van der Waals surface area contributed by atoms with Gasteiger partial charge in [0.2, 0.25) is 0 Å². The molecule has 0 amide bonds. The summed E-state index contributed by atoms with van der Waals surface area (Å²) in [6, 6.07) is -0.411. The molecule has 0 aliphatic heterocycles. The quantitative estimate of drug-likeness (QED) is 0.673. The molecule has 0 aromatic heterocycles. The molecule has 4 heteroatoms. The molecule has 0 aromatic carbocycles. The van der Waals surface area contributed by atoms with E-state index in [1.807, 2.05) is 0 Å². The molecule has 0 rings (SSSR count). The zero-order chi connectivity index (χ0) is 9.23. The van der Waals surface area contributed by atoms with E-state index in [1.54, 1.807) is 6.92 Å². The predicted octanol–water partition coefficient (Wildman–Crippen LogP) is 2.17. The van der Waals surface area contributed by atoms with Gasteiger partial charge in [-0.1, -0.05) is 13.8 Å². The summed E-state index contributed by atoms with van der Waals surface area (Å²) in [5.41, 5.74) is 5.33. The Hall–Kier alpha value is -0.250. The van der Waals surface area contributed by atoms with Crippen LogP contribution in [-0.4, -0.2) is 12.2 Å². The Morgan fingerprint density at radius 2 is 1.45 bits per heavy atom. The molecule has 0 bridgehead atoms. The van der Waals surface area contributed by atoms with E-state index < -0.39 is 24.1 Å². The zero-order valence-electron chi connectivity index (χ0n) is 6.94. The first kappa shape index (κ1) is 10.8. The van der Waals surface area contributed by atoms with Gasteiger partial charge in [0.1, 0.15) is 0 Å². The first-order valence-electron chi connectivity index (χ1n) is 3.59. The molecule has 0 fully saturated rings. The summed E-state index contributed by atoms with van der Waals surface area (Å²) in [6.45, 7) is 4.27. The van der Waals surface area contributed by atoms with E-state index in [9.17, 15) is 13.2 Å². The van der Waals surface area contributed by atoms with Gasteiger partial charge < -0.3 is 5.73 Å². The molecular formula is C7H14F3N. The Kier molecular flexibility index (Phi) is 3.35. The summed E-state index contributed by atoms with van der Waals surface area (Å²) in [6.07, 6.45) is -4.12. The fourth-order valence-corrected chi connectivity index (χ4v) is 0.753. The van der Waals surface area contributed by atoms with E-state index in [-0.39, 0.29) is 0 Å². The van der Waals surface area contributed by atoms with Crippen molar-refractivity contribution in [2.45, 2.75) is 33.0 Å². The molecule has 3 atom stereocenters. The van der Waals surface area contributed by atoms with Gasteiger partial charge in [-0.25, -0.2) is 0 Å². The molecule has 0 saturated carbocycles. The van der Waals surface area contributed by atoms with Crippen molar-refractivity contribution < 1.29 is 13.2 Å². The number of rotatable bonds is 2. The SMILES string of the molecule is CC(N)C(C)C(C)C(F)(F)F. The van der Waals surface area contributed by atoms with Gasteiger partial charge in [-0.05, 0) is 12.8 Å². The van der Waals surface area contributed by atoms with Crippen LogP contribution in [0.3, 0.4) is 0 Å². The Morgan fingerprint density at radius 1 is 1.09 bits per heavy atom. The molecule has 0 saturated heterocycles. The van der Waals surface area contributed by atoms with Crippen LogP contribution >= 0.6 is 0 Å². The fraction of sp³-hybridized carbons (Fsp3) is 1.00. The largest absolute Gasteiger partial charge is 0.391 e. The minimum atomic E-state index is -4.12. The number of hydrogen-bond acceptors (Lipinski definition) is 1. The van der Waals surface area contributed by atoms with E-state index in [4.69, 9.17) is 5.73 Å². The van der Waals surface area contributed by atoms with E-state index >= 15 is 0 Å². The average molecular weight is 169 g/mol. The smallest absolute Gasteiger partial charge is 0.328 e. The van der Waals surface area contributed by atoms with Gasteiger partial charge in [0, 0.05) is 6.04 Å². The van der Waals surface area contributed by atoms with Crippen molar-refractivity contribution in [2.24, 2.45) is 17.6 Å². The van der Waals surface area contributed by atoms with E-state index in [2.05, 4.69) is 0 Å². The zero-order valence-corrected chi connectivity index (χ0v) is 6.94. The number of nitrogens with two attached hydrogens (primary N) is 1. The van der Waals surface area contributed by atoms with Crippen molar-refractivity contribution in [1.29, 1.82) is 0 Å². The molecule has 0 spiro atoms. The molecule has 0 aliphatic rings. The Labute approximate surface area is 64.8 Å². The number of hydrogen-bond donors (Lipinski definition) is 1. The summed E-state index contributed by atoms with van der Waals surface area (Å²) >= 11 is 0. The molecule has 3 unspecified atom stereocenters. The maximum Gasteiger partial charge on any atom is 0.391 e. The predicted molar refractivity (Wildman–Crippen MR) is 38.0 cm³/mol. The summed E-state index contributed by atoms with van der Waals surface area (Å²) in [7, 11) is 0. The van der Waals surface area contributed by atoms with Crippen molar-refractivity contribution in [3.05, 3.63) is 0 Å². The molecule has 2 N–H and O–H groups in total. The van der Waals surface area contributed by atoms with Gasteiger partial charge in [-0.2, -0.15) is 13.2 Å². The molecular weight excluding hydrogens is 155 g/mol. The van der Waals surface area contributed by atoms with Gasteiger partial charge in [0.15, 0.2) is 0 Å². The Balaban J connectivity index is 4.13. The van der Waals surface area contributed by atoms with Crippen LogP contribution in [0, 0.1) is 11.8 Å². The van der Waals surface area contributed by atoms with Crippen LogP contribution in [0.4, 0.5) is 13.2 Å². The standard InChI is InChI=1S/C7H14F3N/c1-4(6(3)11)5(2)7(8,9)10/h4-6H,11H2,1-3H3. The molecule has 68 valence electrons. The van der Waals surface area contributed by atoms with Gasteiger partial charge in [-0.3, -0.25) is 0 Å². The second-order valence-corrected chi connectivity index (χ2v) is 3.05. The third-order valence-electron chi connectivity index (χ3n) is 2.13. The first-order chi connectivity index (χ1) is 4.76. The van der Waals surface area contributed by atoms with Gasteiger partial charge in [0.25, 0.3) is 0 Å². The molecule has 0 heterocycles. The third-order valence-corrected chi connectivity index (χ3v) is 2.13. The molecule has 11 heavy (non-hydrogen) atoms.